The van der Waals surface area contributed by atoms with Crippen molar-refractivity contribution in [3.8, 4) is 17.2 Å². The standard InChI is InChI=1S/C21H21N3O3/c1-3-14-6-4-8-17(10-14)24-13-16(12-19(24)25)20-22-21(27-23-20)15-7-5-9-18(11-15)26-2/h4-11,16H,3,12-13H2,1-2H3. The van der Waals surface area contributed by atoms with Crippen molar-refractivity contribution in [1.29, 1.82) is 0 Å². The molecule has 1 amide bonds. The molecular weight excluding hydrogens is 342 g/mol. The van der Waals surface area contributed by atoms with Gasteiger partial charge in [-0.05, 0) is 42.3 Å². The normalized spacial score (nSPS) is 16.7. The molecule has 0 N–H and O–H groups in total. The number of aromatic nitrogens is 2. The molecule has 0 spiro atoms. The summed E-state index contributed by atoms with van der Waals surface area (Å²) in [4.78, 5) is 18.9. The molecule has 2 aromatic carbocycles. The molecule has 0 saturated carbocycles. The number of nitrogens with zero attached hydrogens (tertiary/aromatic N) is 3. The van der Waals surface area contributed by atoms with Gasteiger partial charge in [-0.2, -0.15) is 4.98 Å². The Morgan fingerprint density at radius 3 is 2.89 bits per heavy atom. The number of rotatable bonds is 5. The van der Waals surface area contributed by atoms with Crippen molar-refractivity contribution in [2.45, 2.75) is 25.7 Å². The van der Waals surface area contributed by atoms with Gasteiger partial charge in [0.2, 0.25) is 5.91 Å². The topological polar surface area (TPSA) is 68.5 Å². The molecule has 1 aromatic heterocycles. The smallest absolute Gasteiger partial charge is 0.258 e. The number of hydrogen-bond acceptors (Lipinski definition) is 5. The maximum atomic E-state index is 12.5. The van der Waals surface area contributed by atoms with E-state index in [0.717, 1.165) is 23.4 Å². The van der Waals surface area contributed by atoms with Crippen molar-refractivity contribution in [1.82, 2.24) is 10.1 Å². The fourth-order valence-corrected chi connectivity index (χ4v) is 3.35. The van der Waals surface area contributed by atoms with Gasteiger partial charge in [-0.15, -0.1) is 0 Å². The average Bonchev–Trinajstić information content (AvgIpc) is 3.35. The number of ether oxygens (including phenoxy) is 1. The zero-order chi connectivity index (χ0) is 18.8. The second-order valence-corrected chi connectivity index (χ2v) is 6.62. The number of methoxy groups -OCH3 is 1. The molecule has 1 fully saturated rings. The predicted molar refractivity (Wildman–Crippen MR) is 102 cm³/mol. The minimum atomic E-state index is -0.0779. The zero-order valence-corrected chi connectivity index (χ0v) is 15.4. The van der Waals surface area contributed by atoms with Crippen LogP contribution in [0.1, 0.15) is 30.7 Å². The van der Waals surface area contributed by atoms with Crippen molar-refractivity contribution >= 4 is 11.6 Å². The number of anilines is 1. The highest BCUT2D eigenvalue weighted by Crippen LogP contribution is 2.32. The van der Waals surface area contributed by atoms with E-state index < -0.39 is 0 Å². The van der Waals surface area contributed by atoms with Crippen LogP contribution in [0.4, 0.5) is 5.69 Å². The summed E-state index contributed by atoms with van der Waals surface area (Å²) in [6, 6.07) is 15.6. The third-order valence-corrected chi connectivity index (χ3v) is 4.88. The van der Waals surface area contributed by atoms with Gasteiger partial charge >= 0.3 is 0 Å². The summed E-state index contributed by atoms with van der Waals surface area (Å²) in [6.07, 6.45) is 1.32. The second kappa shape index (κ2) is 7.23. The lowest BCUT2D eigenvalue weighted by Crippen LogP contribution is -2.24. The highest BCUT2D eigenvalue weighted by molar-refractivity contribution is 5.96. The number of aryl methyl sites for hydroxylation is 1. The van der Waals surface area contributed by atoms with Crippen LogP contribution < -0.4 is 9.64 Å². The Hall–Kier alpha value is -3.15. The number of amides is 1. The van der Waals surface area contributed by atoms with E-state index in [4.69, 9.17) is 9.26 Å². The summed E-state index contributed by atoms with van der Waals surface area (Å²) in [7, 11) is 1.62. The van der Waals surface area contributed by atoms with E-state index in [1.807, 2.05) is 41.3 Å². The highest BCUT2D eigenvalue weighted by Gasteiger charge is 2.34. The first kappa shape index (κ1) is 17.3. The van der Waals surface area contributed by atoms with E-state index in [-0.39, 0.29) is 11.8 Å². The van der Waals surface area contributed by atoms with Crippen LogP contribution >= 0.6 is 0 Å². The molecule has 138 valence electrons. The molecule has 0 bridgehead atoms. The van der Waals surface area contributed by atoms with Gasteiger partial charge in [0.1, 0.15) is 5.75 Å². The van der Waals surface area contributed by atoms with Gasteiger partial charge in [-0.3, -0.25) is 4.79 Å². The minimum Gasteiger partial charge on any atom is -0.497 e. The molecule has 6 heteroatoms. The van der Waals surface area contributed by atoms with Gasteiger partial charge in [0, 0.05) is 30.1 Å². The lowest BCUT2D eigenvalue weighted by molar-refractivity contribution is -0.117. The second-order valence-electron chi connectivity index (χ2n) is 6.62. The van der Waals surface area contributed by atoms with Crippen LogP contribution in [0.5, 0.6) is 5.75 Å². The number of carbonyl (C=O) groups is 1. The summed E-state index contributed by atoms with van der Waals surface area (Å²) >= 11 is 0. The van der Waals surface area contributed by atoms with Gasteiger partial charge < -0.3 is 14.2 Å². The lowest BCUT2D eigenvalue weighted by Gasteiger charge is -2.17. The Balaban J connectivity index is 1.55. The van der Waals surface area contributed by atoms with E-state index in [0.29, 0.717) is 24.7 Å². The van der Waals surface area contributed by atoms with Crippen molar-refractivity contribution in [2.75, 3.05) is 18.6 Å². The monoisotopic (exact) mass is 363 g/mol. The van der Waals surface area contributed by atoms with Crippen molar-refractivity contribution in [2.24, 2.45) is 0 Å². The predicted octanol–water partition coefficient (Wildman–Crippen LogP) is 3.83. The first-order valence-corrected chi connectivity index (χ1v) is 9.05. The van der Waals surface area contributed by atoms with Crippen LogP contribution in [0, 0.1) is 0 Å². The maximum Gasteiger partial charge on any atom is 0.258 e. The summed E-state index contributed by atoms with van der Waals surface area (Å²) in [6.45, 7) is 2.66. The van der Waals surface area contributed by atoms with Crippen molar-refractivity contribution in [3.63, 3.8) is 0 Å². The average molecular weight is 363 g/mol. The summed E-state index contributed by atoms with van der Waals surface area (Å²) in [5.74, 6) is 1.73. The fourth-order valence-electron chi connectivity index (χ4n) is 3.35. The van der Waals surface area contributed by atoms with Gasteiger partial charge in [0.15, 0.2) is 5.82 Å². The first-order valence-electron chi connectivity index (χ1n) is 9.05. The Morgan fingerprint density at radius 2 is 2.07 bits per heavy atom. The quantitative estimate of drug-likeness (QED) is 0.689. The molecule has 1 aliphatic heterocycles. The molecule has 1 unspecified atom stereocenters. The Morgan fingerprint density at radius 1 is 1.22 bits per heavy atom. The minimum absolute atomic E-state index is 0.0779. The fraction of sp³-hybridized carbons (Fsp3) is 0.286. The molecule has 1 aliphatic rings. The molecule has 1 atom stereocenters. The van der Waals surface area contributed by atoms with Crippen LogP contribution in [0.2, 0.25) is 0 Å². The third kappa shape index (κ3) is 3.43. The van der Waals surface area contributed by atoms with E-state index >= 15 is 0 Å². The van der Waals surface area contributed by atoms with Crippen LogP contribution in [0.25, 0.3) is 11.5 Å². The molecule has 0 aliphatic carbocycles. The number of benzene rings is 2. The Kier molecular flexibility index (Phi) is 4.62. The SMILES string of the molecule is CCc1cccc(N2CC(c3noc(-c4cccc(OC)c4)n3)CC2=O)c1. The Bertz CT molecular complexity index is 967. The molecular formula is C21H21N3O3. The van der Waals surface area contributed by atoms with Gasteiger partial charge in [-0.1, -0.05) is 30.3 Å². The molecule has 6 nitrogen and oxygen atoms in total. The van der Waals surface area contributed by atoms with Crippen molar-refractivity contribution in [3.05, 3.63) is 59.9 Å². The number of hydrogen-bond donors (Lipinski definition) is 0. The summed E-state index contributed by atoms with van der Waals surface area (Å²) in [5, 5.41) is 4.12. The highest BCUT2D eigenvalue weighted by atomic mass is 16.5. The summed E-state index contributed by atoms with van der Waals surface area (Å²) in [5.41, 5.74) is 2.94. The molecule has 2 heterocycles. The summed E-state index contributed by atoms with van der Waals surface area (Å²) < 4.78 is 10.7. The van der Waals surface area contributed by atoms with E-state index in [2.05, 4.69) is 29.2 Å². The van der Waals surface area contributed by atoms with E-state index in [1.165, 1.54) is 5.56 Å². The van der Waals surface area contributed by atoms with Crippen molar-refractivity contribution < 1.29 is 14.1 Å². The third-order valence-electron chi connectivity index (χ3n) is 4.88. The van der Waals surface area contributed by atoms with E-state index in [1.54, 1.807) is 7.11 Å². The number of carbonyl (C=O) groups excluding carboxylic acids is 1. The van der Waals surface area contributed by atoms with Crippen LogP contribution in [0.3, 0.4) is 0 Å². The van der Waals surface area contributed by atoms with E-state index in [9.17, 15) is 4.79 Å². The molecule has 4 rings (SSSR count). The van der Waals surface area contributed by atoms with Crippen LogP contribution in [-0.2, 0) is 11.2 Å². The van der Waals surface area contributed by atoms with Crippen LogP contribution in [-0.4, -0.2) is 29.7 Å². The van der Waals surface area contributed by atoms with Gasteiger partial charge in [-0.25, -0.2) is 0 Å². The van der Waals surface area contributed by atoms with Gasteiger partial charge in [0.05, 0.1) is 7.11 Å². The molecule has 0 radical (unpaired) electrons. The molecule has 3 aromatic rings. The molecule has 27 heavy (non-hydrogen) atoms. The maximum absolute atomic E-state index is 12.5. The zero-order valence-electron chi connectivity index (χ0n) is 15.4. The Labute approximate surface area is 157 Å². The van der Waals surface area contributed by atoms with Crippen LogP contribution in [0.15, 0.2) is 53.1 Å². The lowest BCUT2D eigenvalue weighted by atomic mass is 10.1. The van der Waals surface area contributed by atoms with Gasteiger partial charge in [0.25, 0.3) is 5.89 Å². The molecule has 1 saturated heterocycles. The largest absolute Gasteiger partial charge is 0.497 e. The first-order chi connectivity index (χ1) is 13.2.